The highest BCUT2D eigenvalue weighted by molar-refractivity contribution is 7.80. The molecule has 1 saturated carbocycles. The number of nitrogens with two attached hydrogens (primary N) is 1. The van der Waals surface area contributed by atoms with E-state index in [1.165, 1.54) is 4.90 Å². The van der Waals surface area contributed by atoms with E-state index in [2.05, 4.69) is 19.8 Å². The molecule has 4 N–H and O–H groups in total. The molecule has 0 aromatic carbocycles. The zero-order chi connectivity index (χ0) is 19.6. The van der Waals surface area contributed by atoms with E-state index in [9.17, 15) is 13.2 Å². The van der Waals surface area contributed by atoms with E-state index in [1.807, 2.05) is 0 Å². The minimum absolute atomic E-state index is 0.0100. The van der Waals surface area contributed by atoms with Crippen LogP contribution < -0.4 is 11.1 Å². The van der Waals surface area contributed by atoms with Gasteiger partial charge in [0.15, 0.2) is 0 Å². The molecule has 0 unspecified atom stereocenters. The van der Waals surface area contributed by atoms with Gasteiger partial charge in [-0.05, 0) is 32.6 Å². The Kier molecular flexibility index (Phi) is 5.95. The number of amides is 2. The van der Waals surface area contributed by atoms with Crippen LogP contribution in [0.4, 0.5) is 4.79 Å². The van der Waals surface area contributed by atoms with Crippen molar-refractivity contribution in [1.82, 2.24) is 25.5 Å². The Bertz CT molecular complexity index is 764. The summed E-state index contributed by atoms with van der Waals surface area (Å²) >= 11 is 0. The van der Waals surface area contributed by atoms with E-state index in [4.69, 9.17) is 14.7 Å². The van der Waals surface area contributed by atoms with E-state index in [0.717, 1.165) is 12.8 Å². The molecule has 1 atom stereocenters. The van der Waals surface area contributed by atoms with Crippen molar-refractivity contribution in [3.8, 4) is 0 Å². The molecule has 3 rings (SSSR count). The standard InChI is InChI=1S/C14H24N6O6S/c1-2-19-11(4-3-5-20(14(19)21)26-27(22,23)24)13-18-17-12(25-13)8-16-10-6-9(15)7-10/h9-11,16H,2-8,15H2,1H3,(H,22,23,24)/t9-,10-,11-/m0/s1. The highest BCUT2D eigenvalue weighted by Gasteiger charge is 2.36. The van der Waals surface area contributed by atoms with Crippen LogP contribution in [-0.4, -0.2) is 64.3 Å². The third-order valence-corrected chi connectivity index (χ3v) is 5.05. The average molecular weight is 404 g/mol. The van der Waals surface area contributed by atoms with Crippen LogP contribution in [0, 0.1) is 0 Å². The zero-order valence-corrected chi connectivity index (χ0v) is 15.8. The van der Waals surface area contributed by atoms with Gasteiger partial charge in [-0.2, -0.15) is 13.5 Å². The highest BCUT2D eigenvalue weighted by Crippen LogP contribution is 2.29. The molecule has 0 radical (unpaired) electrons. The lowest BCUT2D eigenvalue weighted by Gasteiger charge is -2.32. The van der Waals surface area contributed by atoms with Gasteiger partial charge in [-0.15, -0.1) is 14.5 Å². The van der Waals surface area contributed by atoms with E-state index in [1.54, 1.807) is 6.92 Å². The van der Waals surface area contributed by atoms with Crippen LogP contribution in [-0.2, 0) is 21.2 Å². The second kappa shape index (κ2) is 8.06. The maximum absolute atomic E-state index is 12.6. The fourth-order valence-corrected chi connectivity index (χ4v) is 3.65. The second-order valence-corrected chi connectivity index (χ2v) is 7.68. The first-order chi connectivity index (χ1) is 12.8. The number of nitrogens with zero attached hydrogens (tertiary/aromatic N) is 4. The first-order valence-electron chi connectivity index (χ1n) is 8.83. The Balaban J connectivity index is 1.67. The summed E-state index contributed by atoms with van der Waals surface area (Å²) in [7, 11) is -4.79. The van der Waals surface area contributed by atoms with Crippen LogP contribution >= 0.6 is 0 Å². The smallest absolute Gasteiger partial charge is 0.418 e. The molecule has 1 aromatic rings. The van der Waals surface area contributed by atoms with Gasteiger partial charge in [-0.3, -0.25) is 4.55 Å². The molecule has 12 nitrogen and oxygen atoms in total. The topological polar surface area (TPSA) is 164 Å². The zero-order valence-electron chi connectivity index (χ0n) is 14.9. The first kappa shape index (κ1) is 19.9. The quantitative estimate of drug-likeness (QED) is 0.525. The third kappa shape index (κ3) is 4.93. The van der Waals surface area contributed by atoms with Crippen LogP contribution in [0.25, 0.3) is 0 Å². The molecule has 0 bridgehead atoms. The molecule has 2 aliphatic rings. The number of aromatic nitrogens is 2. The number of hydrogen-bond donors (Lipinski definition) is 3. The van der Waals surface area contributed by atoms with Crippen molar-refractivity contribution in [2.45, 2.75) is 57.3 Å². The minimum atomic E-state index is -4.79. The van der Waals surface area contributed by atoms with E-state index in [0.29, 0.717) is 36.4 Å². The lowest BCUT2D eigenvalue weighted by Crippen LogP contribution is -2.48. The number of carbonyl (C=O) groups is 1. The van der Waals surface area contributed by atoms with Crippen molar-refractivity contribution >= 4 is 16.4 Å². The molecule has 13 heteroatoms. The fourth-order valence-electron chi connectivity index (χ4n) is 3.28. The number of rotatable bonds is 7. The van der Waals surface area contributed by atoms with Gasteiger partial charge < -0.3 is 20.4 Å². The Morgan fingerprint density at radius 3 is 2.78 bits per heavy atom. The molecule has 2 fully saturated rings. The van der Waals surface area contributed by atoms with Gasteiger partial charge in [0, 0.05) is 18.6 Å². The summed E-state index contributed by atoms with van der Waals surface area (Å²) in [6, 6.07) is -0.619. The maximum atomic E-state index is 12.6. The van der Waals surface area contributed by atoms with Crippen LogP contribution in [0.3, 0.4) is 0 Å². The van der Waals surface area contributed by atoms with Gasteiger partial charge in [-0.1, -0.05) is 0 Å². The maximum Gasteiger partial charge on any atom is 0.418 e. The van der Waals surface area contributed by atoms with E-state index >= 15 is 0 Å². The predicted molar refractivity (Wildman–Crippen MR) is 91.2 cm³/mol. The van der Waals surface area contributed by atoms with Crippen molar-refractivity contribution in [2.24, 2.45) is 5.73 Å². The number of urea groups is 1. The number of nitrogens with one attached hydrogen (secondary N) is 1. The van der Waals surface area contributed by atoms with Crippen molar-refractivity contribution in [3.05, 3.63) is 11.8 Å². The molecule has 2 amide bonds. The van der Waals surface area contributed by atoms with Crippen molar-refractivity contribution in [1.29, 1.82) is 0 Å². The molecule has 2 heterocycles. The molecule has 152 valence electrons. The van der Waals surface area contributed by atoms with Crippen molar-refractivity contribution < 1.29 is 26.5 Å². The minimum Gasteiger partial charge on any atom is -0.422 e. The molecule has 0 spiro atoms. The fraction of sp³-hybridized carbons (Fsp3) is 0.786. The van der Waals surface area contributed by atoms with Gasteiger partial charge in [0.1, 0.15) is 6.04 Å². The molecule has 1 aromatic heterocycles. The summed E-state index contributed by atoms with van der Waals surface area (Å²) in [6.45, 7) is 2.43. The normalized spacial score (nSPS) is 26.8. The molecule has 1 aliphatic carbocycles. The largest absolute Gasteiger partial charge is 0.422 e. The van der Waals surface area contributed by atoms with Crippen LogP contribution in [0.15, 0.2) is 4.42 Å². The number of carbonyl (C=O) groups excluding carboxylic acids is 1. The third-order valence-electron chi connectivity index (χ3n) is 4.68. The van der Waals surface area contributed by atoms with Gasteiger partial charge in [0.25, 0.3) is 0 Å². The number of hydroxylamine groups is 2. The molecular formula is C14H24N6O6S. The SMILES string of the molecule is CCN1C(=O)N(OS(=O)(=O)O)CCC[C@H]1c1nnc(CN[C@H]2C[C@H](N)C2)o1. The summed E-state index contributed by atoms with van der Waals surface area (Å²) in [4.78, 5) is 13.9. The van der Waals surface area contributed by atoms with Gasteiger partial charge in [-0.25, -0.2) is 4.79 Å². The van der Waals surface area contributed by atoms with E-state index in [-0.39, 0.29) is 25.0 Å². The molecule has 1 saturated heterocycles. The molecule has 27 heavy (non-hydrogen) atoms. The lowest BCUT2D eigenvalue weighted by atomic mass is 9.88. The summed E-state index contributed by atoms with van der Waals surface area (Å²) in [5.74, 6) is 0.685. The molecule has 1 aliphatic heterocycles. The Morgan fingerprint density at radius 2 is 2.15 bits per heavy atom. The molecular weight excluding hydrogens is 380 g/mol. The van der Waals surface area contributed by atoms with E-state index < -0.39 is 22.5 Å². The van der Waals surface area contributed by atoms with Crippen LogP contribution in [0.2, 0.25) is 0 Å². The Hall–Kier alpha value is -1.80. The van der Waals surface area contributed by atoms with Gasteiger partial charge in [0.2, 0.25) is 11.8 Å². The lowest BCUT2D eigenvalue weighted by molar-refractivity contribution is -0.0278. The number of hydrogen-bond acceptors (Lipinski definition) is 9. The summed E-state index contributed by atoms with van der Waals surface area (Å²) in [5, 5.41) is 12.0. The van der Waals surface area contributed by atoms with Crippen LogP contribution in [0.1, 0.15) is 50.4 Å². The summed E-state index contributed by atoms with van der Waals surface area (Å²) < 4.78 is 40.8. The first-order valence-corrected chi connectivity index (χ1v) is 10.2. The van der Waals surface area contributed by atoms with Crippen molar-refractivity contribution in [2.75, 3.05) is 13.1 Å². The Morgan fingerprint density at radius 1 is 1.41 bits per heavy atom. The van der Waals surface area contributed by atoms with Crippen molar-refractivity contribution in [3.63, 3.8) is 0 Å². The van der Waals surface area contributed by atoms with Gasteiger partial charge >= 0.3 is 16.4 Å². The summed E-state index contributed by atoms with van der Waals surface area (Å²) in [5.41, 5.74) is 5.75. The van der Waals surface area contributed by atoms with Gasteiger partial charge in [0.05, 0.1) is 13.1 Å². The highest BCUT2D eigenvalue weighted by atomic mass is 32.3. The second-order valence-electron chi connectivity index (χ2n) is 6.67. The monoisotopic (exact) mass is 404 g/mol. The summed E-state index contributed by atoms with van der Waals surface area (Å²) in [6.07, 6.45) is 2.73. The van der Waals surface area contributed by atoms with Crippen LogP contribution in [0.5, 0.6) is 0 Å². The average Bonchev–Trinajstić information content (AvgIpc) is 2.97. The predicted octanol–water partition coefficient (Wildman–Crippen LogP) is -0.0379. The Labute approximate surface area is 156 Å².